The third-order valence-electron chi connectivity index (χ3n) is 7.25. The van der Waals surface area contributed by atoms with E-state index in [1.165, 1.54) is 57.3 Å². The van der Waals surface area contributed by atoms with Gasteiger partial charge < -0.3 is 29.7 Å². The van der Waals surface area contributed by atoms with Crippen molar-refractivity contribution in [1.82, 2.24) is 24.9 Å². The first kappa shape index (κ1) is 43.9. The monoisotopic (exact) mass is 981 g/mol. The van der Waals surface area contributed by atoms with E-state index >= 15 is 0 Å². The van der Waals surface area contributed by atoms with Crippen LogP contribution in [0.3, 0.4) is 0 Å². The Labute approximate surface area is 354 Å². The van der Waals surface area contributed by atoms with Gasteiger partial charge >= 0.3 is 20.1 Å². The molecule has 0 spiro atoms. The minimum absolute atomic E-state index is 0. The molecule has 0 aliphatic heterocycles. The van der Waals surface area contributed by atoms with E-state index in [2.05, 4.69) is 85.6 Å². The summed E-state index contributed by atoms with van der Waals surface area (Å²) < 4.78 is 2.49. The maximum atomic E-state index is 10.0. The van der Waals surface area contributed by atoms with E-state index in [4.69, 9.17) is 0 Å². The van der Waals surface area contributed by atoms with Crippen molar-refractivity contribution in [3.05, 3.63) is 199 Å². The third-order valence-corrected chi connectivity index (χ3v) is 9.42. The fourth-order valence-electron chi connectivity index (χ4n) is 4.60. The number of hydrogen-bond donors (Lipinski definition) is 0. The molecule has 4 aromatic carbocycles. The van der Waals surface area contributed by atoms with Gasteiger partial charge in [-0.2, -0.15) is 0 Å². The zero-order chi connectivity index (χ0) is 40.2. The number of aromatic nitrogens is 5. The molecule has 0 atom stereocenters. The van der Waals surface area contributed by atoms with Crippen LogP contribution in [0.25, 0.3) is 41.6 Å². The second-order valence-electron chi connectivity index (χ2n) is 11.2. The van der Waals surface area contributed by atoms with E-state index in [0.29, 0.717) is 0 Å². The summed E-state index contributed by atoms with van der Waals surface area (Å²) in [6.07, 6.45) is 4.22. The van der Waals surface area contributed by atoms with Gasteiger partial charge in [-0.1, -0.05) is 103 Å². The topological polar surface area (TPSA) is 185 Å². The third kappa shape index (κ3) is 13.7. The number of rotatable bonds is 5. The summed E-state index contributed by atoms with van der Waals surface area (Å²) in [4.78, 5) is 49.8. The molecule has 9 aromatic rings. The van der Waals surface area contributed by atoms with E-state index in [1.807, 2.05) is 48.5 Å². The second kappa shape index (κ2) is 23.3. The van der Waals surface area contributed by atoms with Crippen LogP contribution < -0.4 is 15.3 Å². The average Bonchev–Trinajstić information content (AvgIpc) is 3.92. The molecule has 9 rings (SSSR count). The number of benzene rings is 4. The minimum atomic E-state index is -1.24. The predicted molar refractivity (Wildman–Crippen MR) is 216 cm³/mol. The number of para-hydroxylation sites is 2. The molecule has 11 nitrogen and oxygen atoms in total. The quantitative estimate of drug-likeness (QED) is 0.190. The summed E-state index contributed by atoms with van der Waals surface area (Å²) >= 11 is 3.48. The van der Waals surface area contributed by atoms with Gasteiger partial charge in [0.25, 0.3) is 0 Å². The number of fused-ring (bicyclic) bond motifs is 2. The first-order valence-corrected chi connectivity index (χ1v) is 18.6. The molecule has 0 aliphatic carbocycles. The SMILES string of the molecule is O=C([O-])c1ccccn1.O=C([O-])c1ccccn1.O=C([O-])c1ccccn1.[Ir+3].c1ccc(-c2nc3ccccc3s2)cc1.c1ccc(-c2nc3ccccc3s2)cc1. The zero-order valence-corrected chi connectivity index (χ0v) is 34.2. The maximum Gasteiger partial charge on any atom is 3.00 e. The van der Waals surface area contributed by atoms with E-state index in [9.17, 15) is 29.7 Å². The van der Waals surface area contributed by atoms with Gasteiger partial charge in [0.05, 0.1) is 55.4 Å². The molecule has 288 valence electrons. The molecule has 0 saturated heterocycles. The number of thiazole rings is 2. The van der Waals surface area contributed by atoms with Gasteiger partial charge in [0.15, 0.2) is 0 Å². The summed E-state index contributed by atoms with van der Waals surface area (Å²) in [6, 6.07) is 51.0. The van der Waals surface area contributed by atoms with Gasteiger partial charge in [-0.15, -0.1) is 22.7 Å². The number of aromatic carboxylic acids is 3. The van der Waals surface area contributed by atoms with Gasteiger partial charge in [0.2, 0.25) is 0 Å². The zero-order valence-electron chi connectivity index (χ0n) is 30.2. The number of nitrogens with zero attached hydrogens (tertiary/aromatic N) is 5. The van der Waals surface area contributed by atoms with Crippen LogP contribution in [-0.4, -0.2) is 42.8 Å². The Morgan fingerprint density at radius 2 is 0.672 bits per heavy atom. The molecule has 0 saturated carbocycles. The Bertz CT molecular complexity index is 2330. The molecule has 5 aromatic heterocycles. The van der Waals surface area contributed by atoms with Gasteiger partial charge in [-0.3, -0.25) is 15.0 Å². The van der Waals surface area contributed by atoms with E-state index in [-0.39, 0.29) is 37.2 Å². The normalized spacial score (nSPS) is 9.66. The van der Waals surface area contributed by atoms with Crippen molar-refractivity contribution in [2.75, 3.05) is 0 Å². The number of hydrogen-bond acceptors (Lipinski definition) is 13. The fraction of sp³-hybridized carbons (Fsp3) is 0. The molecule has 0 N–H and O–H groups in total. The molecular formula is C44H30IrN5O6S2. The molecule has 14 heteroatoms. The molecule has 0 radical (unpaired) electrons. The number of carboxylic acid groups (broad SMARTS) is 3. The molecule has 0 amide bonds. The van der Waals surface area contributed by atoms with Crippen LogP contribution >= 0.6 is 22.7 Å². The molecule has 58 heavy (non-hydrogen) atoms. The van der Waals surface area contributed by atoms with Crippen molar-refractivity contribution in [3.8, 4) is 21.1 Å². The summed E-state index contributed by atoms with van der Waals surface area (Å²) in [7, 11) is 0. The van der Waals surface area contributed by atoms with Gasteiger partial charge in [0.1, 0.15) is 10.0 Å². The van der Waals surface area contributed by atoms with Crippen molar-refractivity contribution in [2.24, 2.45) is 0 Å². The number of carbonyl (C=O) groups is 3. The fourth-order valence-corrected chi connectivity index (χ4v) is 6.55. The number of pyridine rings is 3. The summed E-state index contributed by atoms with van der Waals surface area (Å²) in [5.74, 6) is -3.72. The Morgan fingerprint density at radius 3 is 0.931 bits per heavy atom. The van der Waals surface area contributed by atoms with Crippen molar-refractivity contribution >= 4 is 61.0 Å². The van der Waals surface area contributed by atoms with Crippen molar-refractivity contribution < 1.29 is 49.8 Å². The summed E-state index contributed by atoms with van der Waals surface area (Å²) in [5.41, 5.74) is 4.47. The Hall–Kier alpha value is -6.83. The van der Waals surface area contributed by atoms with Crippen LogP contribution in [0, 0.1) is 0 Å². The average molecular weight is 981 g/mol. The largest absolute Gasteiger partial charge is 3.00 e. The second-order valence-corrected chi connectivity index (χ2v) is 13.3. The van der Waals surface area contributed by atoms with Crippen LogP contribution in [0.15, 0.2) is 182 Å². The van der Waals surface area contributed by atoms with Crippen molar-refractivity contribution in [1.29, 1.82) is 0 Å². The maximum absolute atomic E-state index is 10.0. The smallest absolute Gasteiger partial charge is 0.543 e. The van der Waals surface area contributed by atoms with Gasteiger partial charge in [-0.25, -0.2) is 9.97 Å². The minimum Gasteiger partial charge on any atom is -0.543 e. The summed E-state index contributed by atoms with van der Waals surface area (Å²) in [5, 5.41) is 32.3. The Kier molecular flexibility index (Phi) is 17.6. The molecular weight excluding hydrogens is 951 g/mol. The summed E-state index contributed by atoms with van der Waals surface area (Å²) in [6.45, 7) is 0. The molecule has 0 bridgehead atoms. The van der Waals surface area contributed by atoms with E-state index in [0.717, 1.165) is 21.0 Å². The van der Waals surface area contributed by atoms with Gasteiger partial charge in [0, 0.05) is 29.7 Å². The molecule has 5 heterocycles. The van der Waals surface area contributed by atoms with E-state index < -0.39 is 17.9 Å². The van der Waals surface area contributed by atoms with Crippen LogP contribution in [0.2, 0.25) is 0 Å². The standard InChI is InChI=1S/2C13H9NS.3C6H5NO2.Ir/c2*1-2-6-10(7-3-1)13-14-11-8-4-5-9-12(11)15-13;3*8-6(9)5-3-1-2-4-7-5;/h2*1-9H;3*1-4H,(H,8,9);/q;;;;;+3/p-3. The molecule has 0 aliphatic rings. The molecule has 0 unspecified atom stereocenters. The van der Waals surface area contributed by atoms with Crippen LogP contribution in [0.1, 0.15) is 31.5 Å². The van der Waals surface area contributed by atoms with Gasteiger partial charge in [-0.05, 0) is 60.7 Å². The Balaban J connectivity index is 0.000000164. The number of carboxylic acids is 3. The number of carbonyl (C=O) groups excluding carboxylic acids is 3. The molecule has 0 fully saturated rings. The van der Waals surface area contributed by atoms with Crippen LogP contribution in [-0.2, 0) is 20.1 Å². The first-order valence-electron chi connectivity index (χ1n) is 17.0. The first-order chi connectivity index (χ1) is 27.8. The predicted octanol–water partition coefficient (Wildman–Crippen LogP) is 6.26. The van der Waals surface area contributed by atoms with E-state index in [1.54, 1.807) is 59.1 Å². The van der Waals surface area contributed by atoms with Crippen molar-refractivity contribution in [3.63, 3.8) is 0 Å². The van der Waals surface area contributed by atoms with Crippen LogP contribution in [0.4, 0.5) is 0 Å². The Morgan fingerprint density at radius 1 is 0.379 bits per heavy atom. The van der Waals surface area contributed by atoms with Crippen LogP contribution in [0.5, 0.6) is 0 Å². The van der Waals surface area contributed by atoms with Crippen molar-refractivity contribution in [2.45, 2.75) is 0 Å².